The van der Waals surface area contributed by atoms with Gasteiger partial charge in [-0.05, 0) is 27.7 Å². The van der Waals surface area contributed by atoms with Crippen LogP contribution < -0.4 is 0 Å². The monoisotopic (exact) mass is 251 g/mol. The minimum Gasteiger partial charge on any atom is -0.478 e. The summed E-state index contributed by atoms with van der Waals surface area (Å²) in [6, 6.07) is 0. The third-order valence-corrected chi connectivity index (χ3v) is 0.368. The fourth-order valence-electron chi connectivity index (χ4n) is 0.143. The van der Waals surface area contributed by atoms with Gasteiger partial charge in [0.15, 0.2) is 0 Å². The van der Waals surface area contributed by atoms with Gasteiger partial charge in [0.05, 0.1) is 0 Å². The molecule has 1 radical (unpaired) electrons. The van der Waals surface area contributed by atoms with E-state index in [0.29, 0.717) is 12.2 Å². The summed E-state index contributed by atoms with van der Waals surface area (Å²) >= 11 is 0. The summed E-state index contributed by atoms with van der Waals surface area (Å²) in [5.41, 5.74) is 2.33. The van der Waals surface area contributed by atoms with Crippen molar-refractivity contribution in [1.29, 1.82) is 0 Å². The second-order valence-corrected chi connectivity index (χ2v) is 3.42. The third-order valence-electron chi connectivity index (χ3n) is 0.368. The van der Waals surface area contributed by atoms with Gasteiger partial charge in [-0.25, -0.2) is 9.59 Å². The van der Waals surface area contributed by atoms with Gasteiger partial charge in [-0.2, -0.15) is 0 Å². The first kappa shape index (κ1) is 25.1. The van der Waals surface area contributed by atoms with Crippen LogP contribution >= 0.6 is 0 Å². The van der Waals surface area contributed by atoms with Crippen LogP contribution in [0.15, 0.2) is 36.5 Å². The van der Waals surface area contributed by atoms with Gasteiger partial charge in [0.1, 0.15) is 0 Å². The normalized spacial score (nSPS) is 7.53. The Morgan fingerprint density at radius 1 is 0.824 bits per heavy atom. The van der Waals surface area contributed by atoms with E-state index in [1.807, 2.05) is 27.7 Å². The van der Waals surface area contributed by atoms with E-state index in [9.17, 15) is 9.59 Å². The van der Waals surface area contributed by atoms with Crippen molar-refractivity contribution in [1.82, 2.24) is 0 Å². The van der Waals surface area contributed by atoms with Gasteiger partial charge in [0.25, 0.3) is 0 Å². The van der Waals surface area contributed by atoms with Gasteiger partial charge < -0.3 is 10.2 Å². The van der Waals surface area contributed by atoms with Crippen molar-refractivity contribution in [3.05, 3.63) is 36.5 Å². The molecule has 0 spiro atoms. The zero-order valence-corrected chi connectivity index (χ0v) is 13.3. The zero-order chi connectivity index (χ0) is 13.7. The van der Waals surface area contributed by atoms with Crippen LogP contribution in [0.3, 0.4) is 0 Å². The quantitative estimate of drug-likeness (QED) is 0.449. The second-order valence-electron chi connectivity index (χ2n) is 3.42. The number of carbonyl (C=O) groups is 2. The molecule has 0 heterocycles. The molecule has 0 aromatic rings. The van der Waals surface area contributed by atoms with Gasteiger partial charge >= 0.3 is 11.9 Å². The molecule has 0 amide bonds. The van der Waals surface area contributed by atoms with Gasteiger partial charge in [-0.15, -0.1) is 13.2 Å². The van der Waals surface area contributed by atoms with E-state index < -0.39 is 11.9 Å². The molecule has 0 bridgehead atoms. The predicted octanol–water partition coefficient (Wildman–Crippen LogP) is 2.50. The van der Waals surface area contributed by atoms with Crippen LogP contribution in [0.4, 0.5) is 0 Å². The molecule has 0 saturated heterocycles. The maximum absolute atomic E-state index is 9.55. The van der Waals surface area contributed by atoms with E-state index in [1.165, 1.54) is 11.1 Å². The number of rotatable bonds is 2. The Morgan fingerprint density at radius 3 is 1.00 bits per heavy atom. The Hall–Kier alpha value is -0.840. The largest absolute Gasteiger partial charge is 0.478 e. The SMILES string of the molecule is C=C(C)C.C=C(C)C.O=C(O)/C=C\C(=O)O.[Na]. The molecule has 0 rings (SSSR count). The molecule has 0 aromatic carbocycles. The van der Waals surface area contributed by atoms with Crippen molar-refractivity contribution >= 4 is 41.5 Å². The Bertz CT molecular complexity index is 244. The van der Waals surface area contributed by atoms with Gasteiger partial charge in [-0.3, -0.25) is 0 Å². The summed E-state index contributed by atoms with van der Waals surface area (Å²) in [6.45, 7) is 15.0. The smallest absolute Gasteiger partial charge is 0.328 e. The summed E-state index contributed by atoms with van der Waals surface area (Å²) in [5, 5.41) is 15.6. The molecule has 4 nitrogen and oxygen atoms in total. The molecular formula is C12H20NaO4. The Morgan fingerprint density at radius 2 is 0.941 bits per heavy atom. The number of aliphatic carboxylic acids is 2. The van der Waals surface area contributed by atoms with Gasteiger partial charge in [0.2, 0.25) is 0 Å². The summed E-state index contributed by atoms with van der Waals surface area (Å²) in [6.07, 6.45) is 1.12. The average Bonchev–Trinajstić information content (AvgIpc) is 1.98. The predicted molar refractivity (Wildman–Crippen MR) is 71.1 cm³/mol. The third kappa shape index (κ3) is 152. The van der Waals surface area contributed by atoms with Gasteiger partial charge in [-0.1, -0.05) is 11.1 Å². The van der Waals surface area contributed by atoms with E-state index in [2.05, 4.69) is 13.2 Å². The fourth-order valence-corrected chi connectivity index (χ4v) is 0.143. The molecule has 2 N–H and O–H groups in total. The average molecular weight is 251 g/mol. The summed E-state index contributed by atoms with van der Waals surface area (Å²) in [5.74, 6) is -2.51. The molecule has 0 aliphatic carbocycles. The number of allylic oxidation sites excluding steroid dienone is 2. The molecule has 0 aromatic heterocycles. The van der Waals surface area contributed by atoms with Crippen molar-refractivity contribution in [2.45, 2.75) is 27.7 Å². The maximum atomic E-state index is 9.55. The first-order chi connectivity index (χ1) is 7.09. The van der Waals surface area contributed by atoms with Crippen LogP contribution in [-0.4, -0.2) is 51.7 Å². The molecule has 0 aliphatic rings. The molecule has 0 unspecified atom stereocenters. The van der Waals surface area contributed by atoms with E-state index in [1.54, 1.807) is 0 Å². The molecule has 0 saturated carbocycles. The minimum absolute atomic E-state index is 0. The molecule has 0 fully saturated rings. The maximum Gasteiger partial charge on any atom is 0.328 e. The van der Waals surface area contributed by atoms with E-state index in [0.717, 1.165) is 0 Å². The fraction of sp³-hybridized carbons (Fsp3) is 0.333. The van der Waals surface area contributed by atoms with E-state index >= 15 is 0 Å². The molecule has 5 heteroatoms. The van der Waals surface area contributed by atoms with Crippen LogP contribution in [0.1, 0.15) is 27.7 Å². The molecule has 0 atom stereocenters. The standard InChI is InChI=1S/C4H4O4.2C4H8.Na/c5-3(6)1-2-4(7)8;2*1-4(2)3;/h1-2H,(H,5,6)(H,7,8);2*1H2,2-3H3;/b2-1-;;;. The van der Waals surface area contributed by atoms with Crippen molar-refractivity contribution < 1.29 is 19.8 Å². The second kappa shape index (κ2) is 17.6. The van der Waals surface area contributed by atoms with Crippen molar-refractivity contribution in [2.24, 2.45) is 0 Å². The van der Waals surface area contributed by atoms with Crippen molar-refractivity contribution in [2.75, 3.05) is 0 Å². The first-order valence-electron chi connectivity index (χ1n) is 4.47. The van der Waals surface area contributed by atoms with Crippen LogP contribution in [0.2, 0.25) is 0 Å². The topological polar surface area (TPSA) is 74.6 Å². The molecule has 0 aliphatic heterocycles. The molecule has 17 heavy (non-hydrogen) atoms. The Balaban J connectivity index is -0.0000000806. The summed E-state index contributed by atoms with van der Waals surface area (Å²) < 4.78 is 0. The molecule has 93 valence electrons. The summed E-state index contributed by atoms with van der Waals surface area (Å²) in [4.78, 5) is 19.1. The Kier molecular flexibility index (Phi) is 25.9. The summed E-state index contributed by atoms with van der Waals surface area (Å²) in [7, 11) is 0. The number of carboxylic acid groups (broad SMARTS) is 2. The first-order valence-corrected chi connectivity index (χ1v) is 4.47. The van der Waals surface area contributed by atoms with Crippen LogP contribution in [-0.2, 0) is 9.59 Å². The number of hydrogen-bond acceptors (Lipinski definition) is 2. The van der Waals surface area contributed by atoms with Gasteiger partial charge in [0, 0.05) is 41.7 Å². The minimum atomic E-state index is -1.26. The van der Waals surface area contributed by atoms with E-state index in [4.69, 9.17) is 10.2 Å². The van der Waals surface area contributed by atoms with Crippen molar-refractivity contribution in [3.8, 4) is 0 Å². The van der Waals surface area contributed by atoms with Crippen LogP contribution in [0.25, 0.3) is 0 Å². The van der Waals surface area contributed by atoms with Crippen LogP contribution in [0, 0.1) is 0 Å². The zero-order valence-electron chi connectivity index (χ0n) is 11.3. The number of carboxylic acids is 2. The molecular weight excluding hydrogens is 231 g/mol. The van der Waals surface area contributed by atoms with Crippen molar-refractivity contribution in [3.63, 3.8) is 0 Å². The Labute approximate surface area is 125 Å². The van der Waals surface area contributed by atoms with E-state index in [-0.39, 0.29) is 29.6 Å². The number of hydrogen-bond donors (Lipinski definition) is 2. The van der Waals surface area contributed by atoms with Crippen LogP contribution in [0.5, 0.6) is 0 Å².